The van der Waals surface area contributed by atoms with Crippen LogP contribution in [0, 0.1) is 5.92 Å². The molecular formula is C14H22N4O2. The summed E-state index contributed by atoms with van der Waals surface area (Å²) in [5.74, 6) is 0.509. The van der Waals surface area contributed by atoms with Crippen molar-refractivity contribution in [3.63, 3.8) is 0 Å². The summed E-state index contributed by atoms with van der Waals surface area (Å²) in [5, 5.41) is 6.99. The van der Waals surface area contributed by atoms with Gasteiger partial charge in [0.1, 0.15) is 5.69 Å². The van der Waals surface area contributed by atoms with Crippen LogP contribution < -0.4 is 5.32 Å². The zero-order chi connectivity index (χ0) is 14.2. The van der Waals surface area contributed by atoms with Crippen LogP contribution >= 0.6 is 0 Å². The molecule has 1 aromatic rings. The average Bonchev–Trinajstić information content (AvgIpc) is 2.96. The van der Waals surface area contributed by atoms with Gasteiger partial charge in [0.25, 0.3) is 5.91 Å². The number of ether oxygens (including phenoxy) is 1. The first-order valence-electron chi connectivity index (χ1n) is 7.19. The molecule has 1 aromatic heterocycles. The number of likely N-dealkylation sites (N-methyl/N-ethyl adjacent to an activating group) is 1. The minimum Gasteiger partial charge on any atom is -0.372 e. The van der Waals surface area contributed by atoms with E-state index in [4.69, 9.17) is 4.74 Å². The normalized spacial score (nSPS) is 24.8. The largest absolute Gasteiger partial charge is 0.372 e. The SMILES string of the molecule is CN1CC2(C1)OCC[C@@H]2CCNC(=O)c1ccnn1C. The molecule has 0 saturated carbocycles. The zero-order valence-corrected chi connectivity index (χ0v) is 12.1. The van der Waals surface area contributed by atoms with Gasteiger partial charge < -0.3 is 15.0 Å². The zero-order valence-electron chi connectivity index (χ0n) is 12.1. The van der Waals surface area contributed by atoms with E-state index in [-0.39, 0.29) is 11.5 Å². The Hall–Kier alpha value is -1.40. The third-order valence-electron chi connectivity index (χ3n) is 4.51. The molecule has 0 radical (unpaired) electrons. The van der Waals surface area contributed by atoms with E-state index in [1.165, 1.54) is 0 Å². The van der Waals surface area contributed by atoms with Crippen LogP contribution in [0.2, 0.25) is 0 Å². The summed E-state index contributed by atoms with van der Waals surface area (Å²) in [6.45, 7) is 3.60. The van der Waals surface area contributed by atoms with E-state index in [2.05, 4.69) is 22.4 Å². The molecule has 1 N–H and O–H groups in total. The first kappa shape index (κ1) is 13.6. The van der Waals surface area contributed by atoms with Crippen molar-refractivity contribution in [2.75, 3.05) is 33.3 Å². The monoisotopic (exact) mass is 278 g/mol. The molecule has 2 fully saturated rings. The number of nitrogens with zero attached hydrogens (tertiary/aromatic N) is 3. The van der Waals surface area contributed by atoms with E-state index in [0.717, 1.165) is 32.5 Å². The van der Waals surface area contributed by atoms with Crippen molar-refractivity contribution >= 4 is 5.91 Å². The number of hydrogen-bond donors (Lipinski definition) is 1. The molecule has 0 unspecified atom stereocenters. The van der Waals surface area contributed by atoms with E-state index < -0.39 is 0 Å². The Morgan fingerprint density at radius 2 is 2.35 bits per heavy atom. The van der Waals surface area contributed by atoms with Gasteiger partial charge in [-0.25, -0.2) is 0 Å². The molecule has 2 aliphatic rings. The Morgan fingerprint density at radius 1 is 1.55 bits per heavy atom. The van der Waals surface area contributed by atoms with E-state index in [1.807, 2.05) is 0 Å². The highest BCUT2D eigenvalue weighted by atomic mass is 16.5. The number of amides is 1. The highest BCUT2D eigenvalue weighted by molar-refractivity contribution is 5.92. The molecule has 20 heavy (non-hydrogen) atoms. The van der Waals surface area contributed by atoms with Crippen molar-refractivity contribution in [3.05, 3.63) is 18.0 Å². The number of nitrogens with one attached hydrogen (secondary N) is 1. The van der Waals surface area contributed by atoms with Crippen LogP contribution in [0.1, 0.15) is 23.3 Å². The number of carbonyl (C=O) groups excluding carboxylic acids is 1. The van der Waals surface area contributed by atoms with Gasteiger partial charge in [0.15, 0.2) is 0 Å². The van der Waals surface area contributed by atoms with E-state index in [0.29, 0.717) is 18.2 Å². The van der Waals surface area contributed by atoms with Crippen LogP contribution in [0.5, 0.6) is 0 Å². The second-order valence-corrected chi connectivity index (χ2v) is 5.96. The van der Waals surface area contributed by atoms with Crippen LogP contribution in [-0.2, 0) is 11.8 Å². The molecule has 2 saturated heterocycles. The van der Waals surface area contributed by atoms with Gasteiger partial charge in [0.2, 0.25) is 0 Å². The number of rotatable bonds is 4. The number of aromatic nitrogens is 2. The second-order valence-electron chi connectivity index (χ2n) is 5.96. The molecule has 2 aliphatic heterocycles. The van der Waals surface area contributed by atoms with Crippen molar-refractivity contribution in [3.8, 4) is 0 Å². The van der Waals surface area contributed by atoms with Gasteiger partial charge in [0, 0.05) is 39.5 Å². The first-order chi connectivity index (χ1) is 9.61. The Bertz CT molecular complexity index is 493. The summed E-state index contributed by atoms with van der Waals surface area (Å²) in [7, 11) is 3.90. The maximum atomic E-state index is 12.0. The van der Waals surface area contributed by atoms with Crippen LogP contribution in [-0.4, -0.2) is 59.5 Å². The molecule has 3 heterocycles. The lowest BCUT2D eigenvalue weighted by Crippen LogP contribution is -2.63. The fourth-order valence-corrected chi connectivity index (χ4v) is 3.46. The average molecular weight is 278 g/mol. The highest BCUT2D eigenvalue weighted by Crippen LogP contribution is 2.40. The Kier molecular flexibility index (Phi) is 3.52. The molecular weight excluding hydrogens is 256 g/mol. The van der Waals surface area contributed by atoms with Crippen LogP contribution in [0.4, 0.5) is 0 Å². The fourth-order valence-electron chi connectivity index (χ4n) is 3.46. The lowest BCUT2D eigenvalue weighted by Gasteiger charge is -2.48. The van der Waals surface area contributed by atoms with Gasteiger partial charge in [-0.05, 0) is 31.9 Å². The molecule has 1 spiro atoms. The predicted molar refractivity (Wildman–Crippen MR) is 74.4 cm³/mol. The maximum Gasteiger partial charge on any atom is 0.269 e. The molecule has 1 atom stereocenters. The van der Waals surface area contributed by atoms with E-state index in [9.17, 15) is 4.79 Å². The van der Waals surface area contributed by atoms with Crippen molar-refractivity contribution in [1.29, 1.82) is 0 Å². The highest BCUT2D eigenvalue weighted by Gasteiger charge is 2.51. The molecule has 3 rings (SSSR count). The van der Waals surface area contributed by atoms with Gasteiger partial charge in [0.05, 0.1) is 5.60 Å². The maximum absolute atomic E-state index is 12.0. The third kappa shape index (κ3) is 2.33. The first-order valence-corrected chi connectivity index (χ1v) is 7.19. The topological polar surface area (TPSA) is 59.4 Å². The smallest absolute Gasteiger partial charge is 0.269 e. The summed E-state index contributed by atoms with van der Waals surface area (Å²) < 4.78 is 7.53. The standard InChI is InChI=1S/C14H22N4O2/c1-17-9-14(10-17)11(5-8-20-14)3-6-15-13(19)12-4-7-16-18(12)2/h4,7,11H,3,5-6,8-10H2,1-2H3,(H,15,19)/t11-/m0/s1. The molecule has 0 aliphatic carbocycles. The summed E-state index contributed by atoms with van der Waals surface area (Å²) in [4.78, 5) is 14.3. The van der Waals surface area contributed by atoms with Crippen LogP contribution in [0.3, 0.4) is 0 Å². The molecule has 0 bridgehead atoms. The van der Waals surface area contributed by atoms with Crippen molar-refractivity contribution in [2.45, 2.75) is 18.4 Å². The van der Waals surface area contributed by atoms with Crippen molar-refractivity contribution < 1.29 is 9.53 Å². The van der Waals surface area contributed by atoms with E-state index >= 15 is 0 Å². The number of hydrogen-bond acceptors (Lipinski definition) is 4. The summed E-state index contributed by atoms with van der Waals surface area (Å²) in [6, 6.07) is 1.73. The number of likely N-dealkylation sites (tertiary alicyclic amines) is 1. The van der Waals surface area contributed by atoms with Gasteiger partial charge in [-0.15, -0.1) is 0 Å². The lowest BCUT2D eigenvalue weighted by atomic mass is 9.79. The number of carbonyl (C=O) groups is 1. The van der Waals surface area contributed by atoms with Gasteiger partial charge in [-0.1, -0.05) is 0 Å². The predicted octanol–water partition coefficient (Wildman–Crippen LogP) is 0.261. The minimum absolute atomic E-state index is 0.0521. The van der Waals surface area contributed by atoms with Crippen LogP contribution in [0.25, 0.3) is 0 Å². The Labute approximate surface area is 119 Å². The summed E-state index contributed by atoms with van der Waals surface area (Å²) in [5.41, 5.74) is 0.664. The van der Waals surface area contributed by atoms with Crippen molar-refractivity contribution in [1.82, 2.24) is 20.0 Å². The summed E-state index contributed by atoms with van der Waals surface area (Å²) in [6.07, 6.45) is 3.73. The third-order valence-corrected chi connectivity index (χ3v) is 4.51. The summed E-state index contributed by atoms with van der Waals surface area (Å²) >= 11 is 0. The molecule has 1 amide bonds. The minimum atomic E-state index is -0.0521. The number of aryl methyl sites for hydroxylation is 1. The Morgan fingerprint density at radius 3 is 3.00 bits per heavy atom. The van der Waals surface area contributed by atoms with Crippen LogP contribution in [0.15, 0.2) is 12.3 Å². The molecule has 0 aromatic carbocycles. The van der Waals surface area contributed by atoms with Gasteiger partial charge in [-0.2, -0.15) is 5.10 Å². The molecule has 6 heteroatoms. The Balaban J connectivity index is 1.48. The molecule has 6 nitrogen and oxygen atoms in total. The second kappa shape index (κ2) is 5.18. The lowest BCUT2D eigenvalue weighted by molar-refractivity contribution is -0.124. The van der Waals surface area contributed by atoms with Crippen molar-refractivity contribution in [2.24, 2.45) is 13.0 Å². The van der Waals surface area contributed by atoms with Gasteiger partial charge in [-0.3, -0.25) is 9.48 Å². The molecule has 110 valence electrons. The van der Waals surface area contributed by atoms with Gasteiger partial charge >= 0.3 is 0 Å². The fraction of sp³-hybridized carbons (Fsp3) is 0.714. The quantitative estimate of drug-likeness (QED) is 0.858. The van der Waals surface area contributed by atoms with E-state index in [1.54, 1.807) is 24.0 Å².